The van der Waals surface area contributed by atoms with Gasteiger partial charge in [-0.25, -0.2) is 4.98 Å². The van der Waals surface area contributed by atoms with Gasteiger partial charge >= 0.3 is 0 Å². The molecule has 32 heavy (non-hydrogen) atoms. The molecule has 0 spiro atoms. The van der Waals surface area contributed by atoms with Crippen LogP contribution in [0.2, 0.25) is 0 Å². The second-order valence-corrected chi connectivity index (χ2v) is 11.7. The molecule has 0 atom stereocenters. The number of rotatable bonds is 5. The molecule has 0 bridgehead atoms. The van der Waals surface area contributed by atoms with E-state index in [-0.39, 0.29) is 22.5 Å². The van der Waals surface area contributed by atoms with E-state index in [1.165, 1.54) is 40.1 Å². The number of anilines is 1. The van der Waals surface area contributed by atoms with Gasteiger partial charge < -0.3 is 0 Å². The Bertz CT molecular complexity index is 1280. The Morgan fingerprint density at radius 1 is 1.16 bits per heavy atom. The summed E-state index contributed by atoms with van der Waals surface area (Å²) in [7, 11) is -3.99. The summed E-state index contributed by atoms with van der Waals surface area (Å²) in [6.07, 6.45) is 3.26. The zero-order valence-electron chi connectivity index (χ0n) is 17.6. The first-order valence-corrected chi connectivity index (χ1v) is 13.5. The molecule has 1 aromatic carbocycles. The minimum absolute atomic E-state index is 0.0799. The molecule has 4 rings (SSSR count). The predicted molar refractivity (Wildman–Crippen MR) is 133 cm³/mol. The third-order valence-electron chi connectivity index (χ3n) is 4.80. The summed E-state index contributed by atoms with van der Waals surface area (Å²) < 4.78 is 29.9. The highest BCUT2D eigenvalue weighted by molar-refractivity contribution is 8.20. The average molecular weight is 505 g/mol. The van der Waals surface area contributed by atoms with E-state index < -0.39 is 10.0 Å². The predicted octanol–water partition coefficient (Wildman–Crippen LogP) is 4.93. The van der Waals surface area contributed by atoms with Crippen molar-refractivity contribution in [2.75, 3.05) is 11.4 Å². The second-order valence-electron chi connectivity index (χ2n) is 7.00. The SMILES string of the molecule is C=CCN1C(=O)C(=C2SC(C)=C(C)N2c2nccs2)SC1=NS(=O)(=O)c1ccc(C)cc1. The van der Waals surface area contributed by atoms with Crippen molar-refractivity contribution in [2.24, 2.45) is 4.40 Å². The molecule has 0 saturated carbocycles. The maximum atomic E-state index is 13.3. The van der Waals surface area contributed by atoms with Gasteiger partial charge in [-0.3, -0.25) is 14.6 Å². The number of thioether (sulfide) groups is 2. The molecule has 1 amide bonds. The monoisotopic (exact) mass is 504 g/mol. The lowest BCUT2D eigenvalue weighted by Crippen LogP contribution is -2.30. The Balaban J connectivity index is 1.79. The topological polar surface area (TPSA) is 82.9 Å². The molecule has 1 aromatic heterocycles. The Morgan fingerprint density at radius 3 is 2.50 bits per heavy atom. The van der Waals surface area contributed by atoms with E-state index in [1.807, 2.05) is 31.1 Å². The summed E-state index contributed by atoms with van der Waals surface area (Å²) in [5.41, 5.74) is 1.93. The molecule has 0 unspecified atom stereocenters. The van der Waals surface area contributed by atoms with Gasteiger partial charge in [0.05, 0.1) is 4.90 Å². The van der Waals surface area contributed by atoms with Crippen LogP contribution in [-0.2, 0) is 14.8 Å². The molecular weight excluding hydrogens is 485 g/mol. The standard InChI is InChI=1S/C21H20N4O3S4/c1-5-11-24-18(26)17(19-25(14(3)15(4)30-19)20-22-10-12-29-20)31-21(24)23-32(27,28)16-8-6-13(2)7-9-16/h5-10,12H,1,11H2,2-4H3. The summed E-state index contributed by atoms with van der Waals surface area (Å²) in [6.45, 7) is 9.69. The van der Waals surface area contributed by atoms with Crippen LogP contribution in [0.25, 0.3) is 0 Å². The van der Waals surface area contributed by atoms with Gasteiger partial charge in [-0.05, 0) is 44.7 Å². The van der Waals surface area contributed by atoms with Crippen LogP contribution < -0.4 is 4.90 Å². The molecule has 166 valence electrons. The van der Waals surface area contributed by atoms with Gasteiger partial charge in [-0.15, -0.1) is 22.3 Å². The van der Waals surface area contributed by atoms with E-state index in [0.717, 1.165) is 33.1 Å². The number of aromatic nitrogens is 1. The van der Waals surface area contributed by atoms with Crippen LogP contribution in [0.5, 0.6) is 0 Å². The largest absolute Gasteiger partial charge is 0.284 e. The number of allylic oxidation sites excluding steroid dienone is 2. The third kappa shape index (κ3) is 4.17. The number of nitrogens with zero attached hydrogens (tertiary/aromatic N) is 4. The van der Waals surface area contributed by atoms with Crippen LogP contribution in [0.4, 0.5) is 5.13 Å². The lowest BCUT2D eigenvalue weighted by Gasteiger charge is -2.19. The highest BCUT2D eigenvalue weighted by atomic mass is 32.2. The van der Waals surface area contributed by atoms with Gasteiger partial charge in [0.25, 0.3) is 15.9 Å². The fourth-order valence-electron chi connectivity index (χ4n) is 3.04. The van der Waals surface area contributed by atoms with Gasteiger partial charge in [-0.2, -0.15) is 8.42 Å². The van der Waals surface area contributed by atoms with Crippen molar-refractivity contribution in [3.63, 3.8) is 0 Å². The van der Waals surface area contributed by atoms with E-state index in [9.17, 15) is 13.2 Å². The Hall–Kier alpha value is -2.34. The fraction of sp³-hybridized carbons (Fsp3) is 0.190. The van der Waals surface area contributed by atoms with E-state index in [2.05, 4.69) is 16.0 Å². The number of hydrogen-bond acceptors (Lipinski definition) is 8. The minimum Gasteiger partial charge on any atom is -0.282 e. The Labute approximate surface area is 199 Å². The average Bonchev–Trinajstić information content (AvgIpc) is 3.44. The molecule has 0 aliphatic carbocycles. The first kappa shape index (κ1) is 22.8. The number of amides is 1. The van der Waals surface area contributed by atoms with E-state index in [0.29, 0.717) is 9.93 Å². The molecule has 2 aliphatic heterocycles. The normalized spacial score (nSPS) is 20.7. The highest BCUT2D eigenvalue weighted by Crippen LogP contribution is 2.49. The van der Waals surface area contributed by atoms with Gasteiger partial charge in [0.2, 0.25) is 0 Å². The number of hydrogen-bond donors (Lipinski definition) is 0. The summed E-state index contributed by atoms with van der Waals surface area (Å²) >= 11 is 4.00. The van der Waals surface area contributed by atoms with Crippen LogP contribution in [0.3, 0.4) is 0 Å². The molecule has 1 fully saturated rings. The molecule has 1 saturated heterocycles. The first-order chi connectivity index (χ1) is 15.2. The fourth-order valence-corrected chi connectivity index (χ4v) is 7.23. The maximum Gasteiger partial charge on any atom is 0.284 e. The Morgan fingerprint density at radius 2 is 1.88 bits per heavy atom. The van der Waals surface area contributed by atoms with Crippen molar-refractivity contribution in [3.8, 4) is 0 Å². The van der Waals surface area contributed by atoms with E-state index in [1.54, 1.807) is 24.4 Å². The number of aryl methyl sites for hydroxylation is 1. The third-order valence-corrected chi connectivity index (χ3v) is 9.33. The summed E-state index contributed by atoms with van der Waals surface area (Å²) in [5.74, 6) is -0.306. The summed E-state index contributed by atoms with van der Waals surface area (Å²) in [6, 6.07) is 6.46. The van der Waals surface area contributed by atoms with Crippen molar-refractivity contribution >= 4 is 61.1 Å². The van der Waals surface area contributed by atoms with Crippen LogP contribution in [0.1, 0.15) is 19.4 Å². The number of thiazole rings is 1. The lowest BCUT2D eigenvalue weighted by molar-refractivity contribution is -0.121. The molecule has 11 heteroatoms. The highest BCUT2D eigenvalue weighted by Gasteiger charge is 2.40. The van der Waals surface area contributed by atoms with Crippen molar-refractivity contribution in [1.82, 2.24) is 9.88 Å². The summed E-state index contributed by atoms with van der Waals surface area (Å²) in [4.78, 5) is 22.6. The van der Waals surface area contributed by atoms with Crippen LogP contribution in [-0.4, -0.2) is 35.9 Å². The molecule has 0 N–H and O–H groups in total. The van der Waals surface area contributed by atoms with Crippen LogP contribution in [0.15, 0.2) is 78.3 Å². The zero-order chi connectivity index (χ0) is 23.0. The number of carbonyl (C=O) groups is 1. The van der Waals surface area contributed by atoms with Crippen LogP contribution in [0, 0.1) is 6.92 Å². The van der Waals surface area contributed by atoms with Crippen molar-refractivity contribution < 1.29 is 13.2 Å². The zero-order valence-corrected chi connectivity index (χ0v) is 20.9. The molecule has 3 heterocycles. The number of carbonyl (C=O) groups excluding carboxylic acids is 1. The van der Waals surface area contributed by atoms with Crippen molar-refractivity contribution in [3.05, 3.63) is 74.6 Å². The molecule has 0 radical (unpaired) electrons. The minimum atomic E-state index is -3.99. The van der Waals surface area contributed by atoms with Gasteiger partial charge in [0.15, 0.2) is 10.3 Å². The van der Waals surface area contributed by atoms with Gasteiger partial charge in [0, 0.05) is 28.7 Å². The number of amidine groups is 1. The molecule has 7 nitrogen and oxygen atoms in total. The summed E-state index contributed by atoms with van der Waals surface area (Å²) in [5, 5.41) is 3.44. The quantitative estimate of drug-likeness (QED) is 0.422. The maximum absolute atomic E-state index is 13.3. The smallest absolute Gasteiger partial charge is 0.282 e. The molecule has 2 aliphatic rings. The van der Waals surface area contributed by atoms with Gasteiger partial charge in [-0.1, -0.05) is 35.5 Å². The first-order valence-electron chi connectivity index (χ1n) is 9.54. The number of sulfonamides is 1. The van der Waals surface area contributed by atoms with Crippen LogP contribution >= 0.6 is 34.9 Å². The van der Waals surface area contributed by atoms with E-state index in [4.69, 9.17) is 0 Å². The second kappa shape index (κ2) is 8.89. The molecule has 2 aromatic rings. The lowest BCUT2D eigenvalue weighted by atomic mass is 10.2. The molecular formula is C21H20N4O3S4. The van der Waals surface area contributed by atoms with E-state index >= 15 is 0 Å². The Kier molecular flexibility index (Phi) is 6.35. The number of benzene rings is 1. The van der Waals surface area contributed by atoms with Gasteiger partial charge in [0.1, 0.15) is 9.93 Å². The van der Waals surface area contributed by atoms with Crippen molar-refractivity contribution in [1.29, 1.82) is 0 Å². The van der Waals surface area contributed by atoms with Crippen molar-refractivity contribution in [2.45, 2.75) is 25.7 Å².